The van der Waals surface area contributed by atoms with Crippen molar-refractivity contribution in [2.45, 2.75) is 43.7 Å². The van der Waals surface area contributed by atoms with Crippen molar-refractivity contribution in [1.82, 2.24) is 9.88 Å². The first-order valence-corrected chi connectivity index (χ1v) is 9.78. The number of aliphatic hydroxyl groups excluding tert-OH is 1. The fraction of sp³-hybridized carbons (Fsp3) is 0.348. The number of carbonyl (C=O) groups excluding carboxylic acids is 1. The lowest BCUT2D eigenvalue weighted by Crippen LogP contribution is -2.65. The molecule has 2 heterocycles. The summed E-state index contributed by atoms with van der Waals surface area (Å²) in [6, 6.07) is 14.6. The highest BCUT2D eigenvalue weighted by Gasteiger charge is 2.52. The van der Waals surface area contributed by atoms with Gasteiger partial charge in [-0.05, 0) is 54.5 Å². The van der Waals surface area contributed by atoms with Crippen LogP contribution < -0.4 is 0 Å². The number of benzene rings is 1. The fourth-order valence-electron chi connectivity index (χ4n) is 4.33. The van der Waals surface area contributed by atoms with Gasteiger partial charge < -0.3 is 10.0 Å². The summed E-state index contributed by atoms with van der Waals surface area (Å²) in [6.07, 6.45) is 8.58. The van der Waals surface area contributed by atoms with Crippen LogP contribution >= 0.6 is 0 Å². The molecule has 2 aliphatic rings. The van der Waals surface area contributed by atoms with Gasteiger partial charge in [0.05, 0.1) is 18.7 Å². The number of hydrogen-bond acceptors (Lipinski definition) is 4. The molecular weight excluding hydrogens is 350 g/mol. The molecule has 1 aromatic carbocycles. The van der Waals surface area contributed by atoms with Crippen molar-refractivity contribution >= 4 is 11.5 Å². The first kappa shape index (κ1) is 18.4. The third kappa shape index (κ3) is 3.21. The number of likely N-dealkylation sites (tertiary alicyclic amines) is 1. The van der Waals surface area contributed by atoms with E-state index >= 15 is 0 Å². The summed E-state index contributed by atoms with van der Waals surface area (Å²) in [4.78, 5) is 18.4. The number of amides is 1. The Morgan fingerprint density at radius 2 is 2.04 bits per heavy atom. The van der Waals surface area contributed by atoms with Crippen molar-refractivity contribution in [3.63, 3.8) is 0 Å². The molecule has 1 aliphatic heterocycles. The predicted molar refractivity (Wildman–Crippen MR) is 106 cm³/mol. The van der Waals surface area contributed by atoms with Crippen LogP contribution in [0.3, 0.4) is 0 Å². The Kier molecular flexibility index (Phi) is 5.23. The zero-order valence-electron chi connectivity index (χ0n) is 15.7. The van der Waals surface area contributed by atoms with Crippen LogP contribution in [0.15, 0.2) is 54.7 Å². The maximum absolute atomic E-state index is 12.8. The molecular formula is C23H23N3O2. The summed E-state index contributed by atoms with van der Waals surface area (Å²) >= 11 is 0. The lowest BCUT2D eigenvalue weighted by atomic mass is 9.75. The van der Waals surface area contributed by atoms with Gasteiger partial charge in [0, 0.05) is 12.1 Å². The van der Waals surface area contributed by atoms with Gasteiger partial charge in [-0.25, -0.2) is 0 Å². The predicted octanol–water partition coefficient (Wildman–Crippen LogP) is 3.53. The molecule has 142 valence electrons. The number of rotatable bonds is 4. The minimum absolute atomic E-state index is 0.186. The Morgan fingerprint density at radius 3 is 2.64 bits per heavy atom. The average Bonchev–Trinajstić information content (AvgIpc) is 2.75. The first-order chi connectivity index (χ1) is 13.7. The largest absolute Gasteiger partial charge is 0.394 e. The van der Waals surface area contributed by atoms with Crippen molar-refractivity contribution in [3.8, 4) is 6.07 Å². The highest BCUT2D eigenvalue weighted by Crippen LogP contribution is 2.41. The van der Waals surface area contributed by atoms with E-state index in [9.17, 15) is 15.2 Å². The van der Waals surface area contributed by atoms with Crippen LogP contribution in [-0.2, 0) is 0 Å². The van der Waals surface area contributed by atoms with Gasteiger partial charge in [0.2, 0.25) is 0 Å². The van der Waals surface area contributed by atoms with Crippen LogP contribution in [0.1, 0.15) is 53.2 Å². The van der Waals surface area contributed by atoms with Crippen molar-refractivity contribution < 1.29 is 9.90 Å². The molecule has 0 bridgehead atoms. The second kappa shape index (κ2) is 7.95. The number of nitriles is 1. The highest BCUT2D eigenvalue weighted by molar-refractivity contribution is 5.94. The Hall–Kier alpha value is -2.97. The van der Waals surface area contributed by atoms with Gasteiger partial charge in [-0.2, -0.15) is 5.26 Å². The Bertz CT molecular complexity index is 915. The lowest BCUT2D eigenvalue weighted by Gasteiger charge is -2.51. The molecule has 0 radical (unpaired) electrons. The second-order valence-corrected chi connectivity index (χ2v) is 7.37. The van der Waals surface area contributed by atoms with Crippen LogP contribution in [0.25, 0.3) is 5.57 Å². The van der Waals surface area contributed by atoms with Crippen molar-refractivity contribution in [2.75, 3.05) is 6.61 Å². The standard InChI is InChI=1S/C23H23N3O2/c24-14-20-22(18-11-9-17(10-12-18)16-6-2-1-3-7-16)21(15-27)26(20)23(28)19-8-4-5-13-25-19/h4-6,8-13,20-22,27H,1-3,7,15H2/t20-,21+,22-/m0/s1. The summed E-state index contributed by atoms with van der Waals surface area (Å²) in [5.41, 5.74) is 3.88. The summed E-state index contributed by atoms with van der Waals surface area (Å²) in [7, 11) is 0. The number of aliphatic hydroxyl groups is 1. The molecule has 1 amide bonds. The monoisotopic (exact) mass is 373 g/mol. The highest BCUT2D eigenvalue weighted by atomic mass is 16.3. The minimum atomic E-state index is -0.605. The van der Waals surface area contributed by atoms with E-state index in [4.69, 9.17) is 0 Å². The van der Waals surface area contributed by atoms with Crippen LogP contribution in [-0.4, -0.2) is 39.6 Å². The zero-order valence-corrected chi connectivity index (χ0v) is 15.7. The maximum atomic E-state index is 12.8. The van der Waals surface area contributed by atoms with Crippen LogP contribution in [0.2, 0.25) is 0 Å². The number of hydrogen-bond donors (Lipinski definition) is 1. The number of nitrogens with zero attached hydrogens (tertiary/aromatic N) is 3. The molecule has 1 aliphatic carbocycles. The quantitative estimate of drug-likeness (QED) is 0.889. The van der Waals surface area contributed by atoms with E-state index in [-0.39, 0.29) is 18.4 Å². The number of aromatic nitrogens is 1. The van der Waals surface area contributed by atoms with E-state index in [0.717, 1.165) is 18.4 Å². The lowest BCUT2D eigenvalue weighted by molar-refractivity contribution is -0.00629. The molecule has 5 nitrogen and oxygen atoms in total. The first-order valence-electron chi connectivity index (χ1n) is 9.78. The van der Waals surface area contributed by atoms with Gasteiger partial charge in [-0.3, -0.25) is 9.78 Å². The van der Waals surface area contributed by atoms with Gasteiger partial charge in [0.25, 0.3) is 5.91 Å². The van der Waals surface area contributed by atoms with Crippen LogP contribution in [0.4, 0.5) is 0 Å². The van der Waals surface area contributed by atoms with E-state index in [2.05, 4.69) is 29.3 Å². The molecule has 28 heavy (non-hydrogen) atoms. The normalized spacial score (nSPS) is 24.1. The molecule has 1 saturated heterocycles. The van der Waals surface area contributed by atoms with Crippen LogP contribution in [0.5, 0.6) is 0 Å². The SMILES string of the molecule is N#C[C@H]1[C@H](c2ccc(C3=CCCCC3)cc2)[C@@H](CO)N1C(=O)c1ccccn1. The van der Waals surface area contributed by atoms with E-state index in [1.165, 1.54) is 28.9 Å². The minimum Gasteiger partial charge on any atom is -0.394 e. The summed E-state index contributed by atoms with van der Waals surface area (Å²) < 4.78 is 0. The molecule has 5 heteroatoms. The molecule has 1 fully saturated rings. The van der Waals surface area contributed by atoms with Crippen LogP contribution in [0, 0.1) is 11.3 Å². The number of carbonyl (C=O) groups is 1. The van der Waals surface area contributed by atoms with Crippen molar-refractivity contribution in [2.24, 2.45) is 0 Å². The molecule has 0 saturated carbocycles. The Labute approximate surface area is 164 Å². The third-order valence-electron chi connectivity index (χ3n) is 5.81. The number of pyridine rings is 1. The second-order valence-electron chi connectivity index (χ2n) is 7.37. The van der Waals surface area contributed by atoms with Gasteiger partial charge in [-0.1, -0.05) is 36.4 Å². The summed E-state index contributed by atoms with van der Waals surface area (Å²) in [5.74, 6) is -0.511. The van der Waals surface area contributed by atoms with E-state index in [1.807, 2.05) is 12.1 Å². The van der Waals surface area contributed by atoms with E-state index in [1.54, 1.807) is 24.4 Å². The Morgan fingerprint density at radius 1 is 1.21 bits per heavy atom. The van der Waals surface area contributed by atoms with Gasteiger partial charge in [0.15, 0.2) is 0 Å². The van der Waals surface area contributed by atoms with Crippen molar-refractivity contribution in [1.29, 1.82) is 5.26 Å². The maximum Gasteiger partial charge on any atom is 0.273 e. The molecule has 2 aromatic rings. The third-order valence-corrected chi connectivity index (χ3v) is 5.81. The van der Waals surface area contributed by atoms with Gasteiger partial charge in [0.1, 0.15) is 11.7 Å². The summed E-state index contributed by atoms with van der Waals surface area (Å²) in [6.45, 7) is -0.186. The van der Waals surface area contributed by atoms with Crippen molar-refractivity contribution in [3.05, 3.63) is 71.6 Å². The molecule has 1 aromatic heterocycles. The molecule has 3 atom stereocenters. The smallest absolute Gasteiger partial charge is 0.273 e. The van der Waals surface area contributed by atoms with Gasteiger partial charge >= 0.3 is 0 Å². The zero-order chi connectivity index (χ0) is 19.5. The summed E-state index contributed by atoms with van der Waals surface area (Å²) in [5, 5.41) is 19.6. The molecule has 0 unspecified atom stereocenters. The van der Waals surface area contributed by atoms with E-state index < -0.39 is 12.1 Å². The number of allylic oxidation sites excluding steroid dienone is 2. The topological polar surface area (TPSA) is 77.2 Å². The van der Waals surface area contributed by atoms with Gasteiger partial charge in [-0.15, -0.1) is 0 Å². The fourth-order valence-corrected chi connectivity index (χ4v) is 4.33. The Balaban J connectivity index is 1.57. The molecule has 1 N–H and O–H groups in total. The van der Waals surface area contributed by atoms with E-state index in [0.29, 0.717) is 5.69 Å². The molecule has 0 spiro atoms. The average molecular weight is 373 g/mol. The molecule has 4 rings (SSSR count).